The topological polar surface area (TPSA) is 56.4 Å². The molecule has 0 amide bonds. The van der Waals surface area contributed by atoms with Crippen molar-refractivity contribution in [3.05, 3.63) is 0 Å². The Hall–Kier alpha value is -0.610. The summed E-state index contributed by atoms with van der Waals surface area (Å²) in [5.41, 5.74) is 5.45. The quantitative estimate of drug-likeness (QED) is 0.490. The molecule has 4 nitrogen and oxygen atoms in total. The van der Waals surface area contributed by atoms with Crippen molar-refractivity contribution in [3.63, 3.8) is 0 Å². The smallest absolute Gasteiger partial charge is 0.0963 e. The van der Waals surface area contributed by atoms with Gasteiger partial charge in [0.1, 0.15) is 0 Å². The predicted octanol–water partition coefficient (Wildman–Crippen LogP) is 2.00. The van der Waals surface area contributed by atoms with Crippen LogP contribution in [0.5, 0.6) is 0 Å². The Morgan fingerprint density at radius 2 is 1.89 bits per heavy atom. The third kappa shape index (κ3) is 6.36. The minimum Gasteiger partial charge on any atom is -0.387 e. The number of nitrogens with two attached hydrogens (primary N) is 1. The van der Waals surface area contributed by atoms with Gasteiger partial charge in [-0.05, 0) is 47.0 Å². The highest BCUT2D eigenvalue weighted by Gasteiger charge is 2.22. The summed E-state index contributed by atoms with van der Waals surface area (Å²) in [6.07, 6.45) is 2.08. The van der Waals surface area contributed by atoms with Crippen molar-refractivity contribution in [1.29, 1.82) is 5.41 Å². The molecule has 0 aromatic heterocycles. The van der Waals surface area contributed by atoms with Gasteiger partial charge in [-0.3, -0.25) is 10.3 Å². The van der Waals surface area contributed by atoms with Gasteiger partial charge in [0.15, 0.2) is 0 Å². The molecule has 0 aliphatic carbocycles. The van der Waals surface area contributed by atoms with E-state index < -0.39 is 0 Å². The largest absolute Gasteiger partial charge is 0.387 e. The molecule has 0 aromatic rings. The molecule has 0 saturated heterocycles. The van der Waals surface area contributed by atoms with Crippen LogP contribution in [-0.4, -0.2) is 55.4 Å². The van der Waals surface area contributed by atoms with E-state index in [9.17, 15) is 0 Å². The summed E-state index contributed by atoms with van der Waals surface area (Å²) in [5.74, 6) is 0.298. The average molecular weight is 256 g/mol. The molecule has 0 bridgehead atoms. The van der Waals surface area contributed by atoms with E-state index in [1.54, 1.807) is 0 Å². The molecule has 0 spiro atoms. The fourth-order valence-electron chi connectivity index (χ4n) is 2.19. The highest BCUT2D eigenvalue weighted by Crippen LogP contribution is 2.22. The second kappa shape index (κ2) is 7.74. The van der Waals surface area contributed by atoms with Crippen LogP contribution < -0.4 is 5.73 Å². The van der Waals surface area contributed by atoms with Crippen LogP contribution in [0.3, 0.4) is 0 Å². The number of amidine groups is 1. The van der Waals surface area contributed by atoms with Crippen molar-refractivity contribution >= 4 is 5.84 Å². The van der Waals surface area contributed by atoms with Gasteiger partial charge in [0.25, 0.3) is 0 Å². The molecule has 1 unspecified atom stereocenters. The van der Waals surface area contributed by atoms with E-state index in [1.165, 1.54) is 0 Å². The number of nitrogens with zero attached hydrogens (tertiary/aromatic N) is 2. The van der Waals surface area contributed by atoms with Gasteiger partial charge in [0.2, 0.25) is 0 Å². The predicted molar refractivity (Wildman–Crippen MR) is 80.2 cm³/mol. The van der Waals surface area contributed by atoms with E-state index >= 15 is 0 Å². The van der Waals surface area contributed by atoms with Crippen LogP contribution in [0, 0.1) is 10.8 Å². The number of likely N-dealkylation sites (N-methyl/N-ethyl adjacent to an activating group) is 2. The first kappa shape index (κ1) is 17.4. The highest BCUT2D eigenvalue weighted by molar-refractivity contribution is 5.82. The fraction of sp³-hybridized carbons (Fsp3) is 0.929. The Balaban J connectivity index is 4.12. The summed E-state index contributed by atoms with van der Waals surface area (Å²) in [7, 11) is 4.23. The number of hydrogen-bond acceptors (Lipinski definition) is 3. The van der Waals surface area contributed by atoms with E-state index in [0.29, 0.717) is 11.9 Å². The lowest BCUT2D eigenvalue weighted by Gasteiger charge is -2.31. The molecule has 0 rings (SSSR count). The van der Waals surface area contributed by atoms with Crippen molar-refractivity contribution in [2.75, 3.05) is 33.7 Å². The Kier molecular flexibility index (Phi) is 7.48. The Labute approximate surface area is 113 Å². The molecule has 18 heavy (non-hydrogen) atoms. The maximum Gasteiger partial charge on any atom is 0.0963 e. The van der Waals surface area contributed by atoms with Crippen LogP contribution in [0.25, 0.3) is 0 Å². The highest BCUT2D eigenvalue weighted by atomic mass is 15.2. The normalized spacial score (nSPS) is 14.2. The Morgan fingerprint density at radius 1 is 1.33 bits per heavy atom. The average Bonchev–Trinajstić information content (AvgIpc) is 2.22. The second-order valence-electron chi connectivity index (χ2n) is 6.14. The van der Waals surface area contributed by atoms with Gasteiger partial charge < -0.3 is 10.6 Å². The second-order valence-corrected chi connectivity index (χ2v) is 6.14. The Bertz CT molecular complexity index is 248. The van der Waals surface area contributed by atoms with E-state index in [-0.39, 0.29) is 5.41 Å². The lowest BCUT2D eigenvalue weighted by molar-refractivity contribution is 0.175. The van der Waals surface area contributed by atoms with Gasteiger partial charge in [-0.25, -0.2) is 0 Å². The summed E-state index contributed by atoms with van der Waals surface area (Å²) < 4.78 is 0. The molecular weight excluding hydrogens is 224 g/mol. The lowest BCUT2D eigenvalue weighted by Crippen LogP contribution is -2.41. The van der Waals surface area contributed by atoms with Gasteiger partial charge in [-0.1, -0.05) is 20.8 Å². The summed E-state index contributed by atoms with van der Waals surface area (Å²) >= 11 is 0. The first-order valence-electron chi connectivity index (χ1n) is 6.94. The number of hydrogen-bond donors (Lipinski definition) is 2. The molecule has 1 atom stereocenters. The molecule has 0 saturated carbocycles. The first-order chi connectivity index (χ1) is 8.20. The fourth-order valence-corrected chi connectivity index (χ4v) is 2.19. The van der Waals surface area contributed by atoms with Crippen LogP contribution in [0.1, 0.15) is 40.5 Å². The molecule has 0 aliphatic rings. The minimum atomic E-state index is -0.163. The maximum absolute atomic E-state index is 7.56. The summed E-state index contributed by atoms with van der Waals surface area (Å²) in [4.78, 5) is 4.73. The molecule has 0 heterocycles. The molecule has 0 aromatic carbocycles. The van der Waals surface area contributed by atoms with Crippen LogP contribution in [-0.2, 0) is 0 Å². The van der Waals surface area contributed by atoms with Gasteiger partial charge in [0, 0.05) is 18.0 Å². The van der Waals surface area contributed by atoms with Gasteiger partial charge in [-0.15, -0.1) is 0 Å². The zero-order valence-corrected chi connectivity index (χ0v) is 13.1. The molecular formula is C14H32N4. The van der Waals surface area contributed by atoms with Crippen LogP contribution in [0.15, 0.2) is 0 Å². The van der Waals surface area contributed by atoms with E-state index in [0.717, 1.165) is 32.5 Å². The minimum absolute atomic E-state index is 0.163. The summed E-state index contributed by atoms with van der Waals surface area (Å²) in [6.45, 7) is 11.8. The van der Waals surface area contributed by atoms with E-state index in [2.05, 4.69) is 51.6 Å². The molecule has 0 aliphatic heterocycles. The summed E-state index contributed by atoms with van der Waals surface area (Å²) in [5, 5.41) is 7.56. The molecule has 3 N–H and O–H groups in total. The van der Waals surface area contributed by atoms with Crippen LogP contribution >= 0.6 is 0 Å². The molecule has 0 radical (unpaired) electrons. The van der Waals surface area contributed by atoms with Gasteiger partial charge >= 0.3 is 0 Å². The van der Waals surface area contributed by atoms with Crippen molar-refractivity contribution in [1.82, 2.24) is 9.80 Å². The number of nitrogens with one attached hydrogen (secondary N) is 1. The summed E-state index contributed by atoms with van der Waals surface area (Å²) in [6, 6.07) is 0.574. The monoisotopic (exact) mass is 256 g/mol. The maximum atomic E-state index is 7.56. The first-order valence-corrected chi connectivity index (χ1v) is 6.94. The van der Waals surface area contributed by atoms with Crippen molar-refractivity contribution < 1.29 is 0 Å². The van der Waals surface area contributed by atoms with Crippen molar-refractivity contribution in [3.8, 4) is 0 Å². The zero-order chi connectivity index (χ0) is 14.3. The van der Waals surface area contributed by atoms with E-state index in [1.807, 2.05) is 0 Å². The lowest BCUT2D eigenvalue weighted by atomic mass is 9.86. The van der Waals surface area contributed by atoms with Crippen LogP contribution in [0.2, 0.25) is 0 Å². The van der Waals surface area contributed by atoms with Crippen molar-refractivity contribution in [2.24, 2.45) is 11.1 Å². The molecule has 4 heteroatoms. The third-order valence-corrected chi connectivity index (χ3v) is 3.64. The Morgan fingerprint density at radius 3 is 2.28 bits per heavy atom. The van der Waals surface area contributed by atoms with Gasteiger partial charge in [-0.2, -0.15) is 0 Å². The van der Waals surface area contributed by atoms with Gasteiger partial charge in [0.05, 0.1) is 5.84 Å². The zero-order valence-electron chi connectivity index (χ0n) is 13.1. The van der Waals surface area contributed by atoms with Crippen LogP contribution in [0.4, 0.5) is 0 Å². The van der Waals surface area contributed by atoms with Crippen molar-refractivity contribution in [2.45, 2.75) is 46.6 Å². The molecule has 0 fully saturated rings. The SMILES string of the molecule is CCN(CCCC(C)(C)C(=N)N)C(C)CN(C)C. The third-order valence-electron chi connectivity index (χ3n) is 3.64. The van der Waals surface area contributed by atoms with E-state index in [4.69, 9.17) is 11.1 Å². The molecule has 108 valence electrons. The standard InChI is InChI=1S/C14H32N4/c1-7-18(12(2)11-17(5)6)10-8-9-14(3,4)13(15)16/h12H,7-11H2,1-6H3,(H3,15,16). The number of rotatable bonds is 9.